The summed E-state index contributed by atoms with van der Waals surface area (Å²) in [5.41, 5.74) is 6.10. The molecule has 0 saturated carbocycles. The highest BCUT2D eigenvalue weighted by Gasteiger charge is 2.55. The Labute approximate surface area is 194 Å². The summed E-state index contributed by atoms with van der Waals surface area (Å²) in [4.78, 5) is 5.00. The van der Waals surface area contributed by atoms with Crippen molar-refractivity contribution in [2.45, 2.75) is 53.5 Å². The van der Waals surface area contributed by atoms with E-state index in [-0.39, 0.29) is 11.0 Å². The van der Waals surface area contributed by atoms with Gasteiger partial charge in [0.2, 0.25) is 5.71 Å². The summed E-state index contributed by atoms with van der Waals surface area (Å²) >= 11 is 0. The fourth-order valence-electron chi connectivity index (χ4n) is 4.95. The zero-order chi connectivity index (χ0) is 24.3. The van der Waals surface area contributed by atoms with Gasteiger partial charge in [0.1, 0.15) is 7.05 Å². The molecule has 168 valence electrons. The van der Waals surface area contributed by atoms with Crippen LogP contribution < -0.4 is 10.4 Å². The maximum Gasteiger partial charge on any atom is 0.210 e. The molecule has 0 fully saturated rings. The van der Waals surface area contributed by atoms with Gasteiger partial charge in [0.15, 0.2) is 5.54 Å². The van der Waals surface area contributed by atoms with Gasteiger partial charge in [-0.1, -0.05) is 62.8 Å². The number of nitrogens with zero attached hydrogens (tertiary/aromatic N) is 2. The van der Waals surface area contributed by atoms with Gasteiger partial charge in [-0.15, -0.1) is 0 Å². The van der Waals surface area contributed by atoms with E-state index in [1.165, 1.54) is 11.1 Å². The Bertz CT molecular complexity index is 1180. The lowest BCUT2D eigenvalue weighted by Gasteiger charge is -2.45. The Balaban J connectivity index is 2.87. The van der Waals surface area contributed by atoms with Crippen LogP contribution in [0.1, 0.15) is 52.9 Å². The SMILES string of the molecule is C=CC=c1c(C=C)nc(CC2(C)[N+](C)=C(C(=C)C)C(C=CC)=C(C=C)C2(C)C)cc1=CC. The van der Waals surface area contributed by atoms with Gasteiger partial charge in [-0.25, -0.2) is 4.58 Å². The van der Waals surface area contributed by atoms with E-state index in [2.05, 4.69) is 104 Å². The highest BCUT2D eigenvalue weighted by Crippen LogP contribution is 2.47. The van der Waals surface area contributed by atoms with Crippen molar-refractivity contribution >= 4 is 23.9 Å². The van der Waals surface area contributed by atoms with Crippen molar-refractivity contribution in [2.24, 2.45) is 5.41 Å². The van der Waals surface area contributed by atoms with Gasteiger partial charge >= 0.3 is 0 Å². The minimum absolute atomic E-state index is 0.185. The summed E-state index contributed by atoms with van der Waals surface area (Å²) in [6.07, 6.45) is 14.8. The second-order valence-corrected chi connectivity index (χ2v) is 9.19. The molecule has 0 spiro atoms. The molecule has 1 aromatic rings. The lowest BCUT2D eigenvalue weighted by molar-refractivity contribution is -0.598. The molecule has 2 nitrogen and oxygen atoms in total. The average molecular weight is 428 g/mol. The molecule has 1 aromatic heterocycles. The number of rotatable bonds is 7. The number of likely N-dealkylation sites (N-methyl/N-ethyl adjacent to an activating group) is 1. The molecular formula is C30H39N2+. The van der Waals surface area contributed by atoms with E-state index in [4.69, 9.17) is 4.98 Å². The molecule has 1 aliphatic heterocycles. The predicted octanol–water partition coefficient (Wildman–Crippen LogP) is 5.55. The number of hydrogen-bond donors (Lipinski definition) is 0. The number of allylic oxidation sites excluding steroid dienone is 6. The fourth-order valence-corrected chi connectivity index (χ4v) is 4.95. The first kappa shape index (κ1) is 25.3. The van der Waals surface area contributed by atoms with Gasteiger partial charge in [-0.05, 0) is 57.6 Å². The van der Waals surface area contributed by atoms with E-state index in [0.717, 1.165) is 39.5 Å². The molecule has 1 atom stereocenters. The van der Waals surface area contributed by atoms with Crippen molar-refractivity contribution in [1.29, 1.82) is 0 Å². The number of hydrogen-bond acceptors (Lipinski definition) is 1. The highest BCUT2D eigenvalue weighted by molar-refractivity contribution is 6.11. The molecule has 2 rings (SSSR count). The average Bonchev–Trinajstić information content (AvgIpc) is 2.73. The molecule has 0 bridgehead atoms. The van der Waals surface area contributed by atoms with Crippen LogP contribution in [0.15, 0.2) is 73.4 Å². The third-order valence-electron chi connectivity index (χ3n) is 7.07. The third kappa shape index (κ3) is 4.07. The van der Waals surface area contributed by atoms with Crippen molar-refractivity contribution < 1.29 is 4.58 Å². The zero-order valence-corrected chi connectivity index (χ0v) is 21.0. The normalized spacial score (nSPS) is 22.0. The van der Waals surface area contributed by atoms with E-state index >= 15 is 0 Å². The maximum atomic E-state index is 5.00. The molecule has 2 heterocycles. The van der Waals surface area contributed by atoms with Crippen molar-refractivity contribution in [3.8, 4) is 0 Å². The van der Waals surface area contributed by atoms with Gasteiger partial charge in [0.05, 0.1) is 17.5 Å². The lowest BCUT2D eigenvalue weighted by atomic mass is 9.62. The Hall–Kier alpha value is -3.00. The van der Waals surface area contributed by atoms with E-state index in [9.17, 15) is 0 Å². The molecule has 0 N–H and O–H groups in total. The van der Waals surface area contributed by atoms with Crippen LogP contribution in [0.5, 0.6) is 0 Å². The number of pyridine rings is 1. The smallest absolute Gasteiger partial charge is 0.210 e. The van der Waals surface area contributed by atoms with Gasteiger partial charge in [0, 0.05) is 29.0 Å². The summed E-state index contributed by atoms with van der Waals surface area (Å²) in [5, 5.41) is 2.20. The molecule has 0 radical (unpaired) electrons. The molecule has 0 amide bonds. The highest BCUT2D eigenvalue weighted by atomic mass is 15.1. The lowest BCUT2D eigenvalue weighted by Crippen LogP contribution is -2.57. The quantitative estimate of drug-likeness (QED) is 0.521. The minimum atomic E-state index is -0.254. The molecule has 2 heteroatoms. The first-order valence-electron chi connectivity index (χ1n) is 11.2. The summed E-state index contributed by atoms with van der Waals surface area (Å²) in [6, 6.07) is 2.19. The standard InChI is InChI=1S/C30H39N2/c1-12-17-24-22(14-3)19-23(31-27(24)16-5)20-30(10)29(8,9)26(15-4)25(18-13-2)28(21(6)7)32(30)11/h12-19H,1,4-6,20H2,2-3,7-11H3/q+1. The molecule has 1 aliphatic rings. The van der Waals surface area contributed by atoms with E-state index in [0.29, 0.717) is 0 Å². The van der Waals surface area contributed by atoms with Crippen LogP contribution in [0.4, 0.5) is 0 Å². The summed E-state index contributed by atoms with van der Waals surface area (Å²) in [7, 11) is 2.18. The fraction of sp³-hybridized carbons (Fsp3) is 0.333. The molecule has 0 aliphatic carbocycles. The first-order chi connectivity index (χ1) is 15.0. The predicted molar refractivity (Wildman–Crippen MR) is 142 cm³/mol. The van der Waals surface area contributed by atoms with Gasteiger partial charge in [0.25, 0.3) is 0 Å². The van der Waals surface area contributed by atoms with Gasteiger partial charge in [-0.2, -0.15) is 0 Å². The van der Waals surface area contributed by atoms with Gasteiger partial charge < -0.3 is 0 Å². The van der Waals surface area contributed by atoms with Gasteiger partial charge in [-0.3, -0.25) is 4.98 Å². The zero-order valence-electron chi connectivity index (χ0n) is 21.0. The van der Waals surface area contributed by atoms with Crippen LogP contribution in [0, 0.1) is 5.41 Å². The van der Waals surface area contributed by atoms with Crippen LogP contribution in [0.2, 0.25) is 0 Å². The van der Waals surface area contributed by atoms with Crippen molar-refractivity contribution in [2.75, 3.05) is 7.05 Å². The number of aromatic nitrogens is 1. The molecule has 32 heavy (non-hydrogen) atoms. The molecule has 0 saturated heterocycles. The summed E-state index contributed by atoms with van der Waals surface area (Å²) in [5.74, 6) is 0. The minimum Gasteiger partial charge on any atom is -0.253 e. The van der Waals surface area contributed by atoms with E-state index in [1.807, 2.05) is 18.2 Å². The Morgan fingerprint density at radius 2 is 1.78 bits per heavy atom. The Morgan fingerprint density at radius 3 is 2.25 bits per heavy atom. The molecular weight excluding hydrogens is 388 g/mol. The van der Waals surface area contributed by atoms with Crippen LogP contribution in [-0.2, 0) is 6.42 Å². The molecule has 1 unspecified atom stereocenters. The van der Waals surface area contributed by atoms with Crippen LogP contribution >= 0.6 is 0 Å². The topological polar surface area (TPSA) is 15.9 Å². The van der Waals surface area contributed by atoms with Crippen molar-refractivity contribution in [3.63, 3.8) is 0 Å². The maximum absolute atomic E-state index is 5.00. The van der Waals surface area contributed by atoms with Crippen molar-refractivity contribution in [3.05, 3.63) is 95.2 Å². The van der Waals surface area contributed by atoms with Crippen LogP contribution in [0.3, 0.4) is 0 Å². The largest absolute Gasteiger partial charge is 0.253 e. The van der Waals surface area contributed by atoms with E-state index in [1.54, 1.807) is 6.08 Å². The Kier molecular flexibility index (Phi) is 7.62. The summed E-state index contributed by atoms with van der Waals surface area (Å²) in [6.45, 7) is 29.5. The third-order valence-corrected chi connectivity index (χ3v) is 7.07. The molecule has 0 aromatic carbocycles. The summed E-state index contributed by atoms with van der Waals surface area (Å²) < 4.78 is 2.39. The monoisotopic (exact) mass is 427 g/mol. The van der Waals surface area contributed by atoms with E-state index < -0.39 is 0 Å². The van der Waals surface area contributed by atoms with Crippen molar-refractivity contribution in [1.82, 2.24) is 4.98 Å². The second-order valence-electron chi connectivity index (χ2n) is 9.19. The van der Waals surface area contributed by atoms with Crippen LogP contribution in [-0.4, -0.2) is 27.9 Å². The van der Waals surface area contributed by atoms with Crippen LogP contribution in [0.25, 0.3) is 18.2 Å². The first-order valence-corrected chi connectivity index (χ1v) is 11.2. The Morgan fingerprint density at radius 1 is 1.12 bits per heavy atom. The second kappa shape index (κ2) is 9.65.